The van der Waals surface area contributed by atoms with E-state index in [4.69, 9.17) is 35.4 Å². The van der Waals surface area contributed by atoms with Crippen molar-refractivity contribution in [3.8, 4) is 0 Å². The van der Waals surface area contributed by atoms with E-state index in [9.17, 15) is 4.79 Å². The van der Waals surface area contributed by atoms with Gasteiger partial charge in [0.2, 0.25) is 5.91 Å². The summed E-state index contributed by atoms with van der Waals surface area (Å²) < 4.78 is 0. The van der Waals surface area contributed by atoms with Gasteiger partial charge in [0.05, 0.1) is 22.9 Å². The summed E-state index contributed by atoms with van der Waals surface area (Å²) in [5, 5.41) is 7.85. The number of carbonyl (C=O) groups is 1. The van der Waals surface area contributed by atoms with Crippen LogP contribution in [0.4, 0.5) is 11.4 Å². The van der Waals surface area contributed by atoms with Crippen molar-refractivity contribution in [1.29, 1.82) is 0 Å². The fourth-order valence-corrected chi connectivity index (χ4v) is 3.10. The molecule has 1 amide bonds. The summed E-state index contributed by atoms with van der Waals surface area (Å²) in [6, 6.07) is 12.8. The van der Waals surface area contributed by atoms with Crippen molar-refractivity contribution in [3.05, 3.63) is 58.1 Å². The van der Waals surface area contributed by atoms with Gasteiger partial charge in [0, 0.05) is 11.4 Å². The van der Waals surface area contributed by atoms with Crippen molar-refractivity contribution < 1.29 is 4.79 Å². The van der Waals surface area contributed by atoms with E-state index >= 15 is 0 Å². The molecular weight excluding hydrogens is 365 g/mol. The van der Waals surface area contributed by atoms with Crippen LogP contribution in [0.2, 0.25) is 10.0 Å². The third-order valence-corrected chi connectivity index (χ3v) is 4.58. The van der Waals surface area contributed by atoms with Crippen LogP contribution < -0.4 is 10.3 Å². The highest BCUT2D eigenvalue weighted by Gasteiger charge is 2.32. The third-order valence-electron chi connectivity index (χ3n) is 3.70. The topological polar surface area (TPSA) is 35.6 Å². The number of thiocarbonyl (C=S) groups is 1. The monoisotopic (exact) mass is 379 g/mol. The largest absolute Gasteiger partial charge is 0.330 e. The zero-order valence-corrected chi connectivity index (χ0v) is 15.3. The standard InChI is InChI=1S/C17H15Cl2N3OS/c1-11-2-5-13(6-3-11)22-16(23)8-9-21(22)17(24)20-15-10-12(18)4-7-14(15)19/h2-7,10H,8-9H2,1H3,(H,20,24). The number of nitrogens with one attached hydrogen (secondary N) is 1. The Labute approximate surface area is 155 Å². The zero-order chi connectivity index (χ0) is 17.3. The summed E-state index contributed by atoms with van der Waals surface area (Å²) in [6.07, 6.45) is 0.402. The normalized spacial score (nSPS) is 14.2. The molecule has 0 spiro atoms. The van der Waals surface area contributed by atoms with Gasteiger partial charge in [0.1, 0.15) is 0 Å². The number of rotatable bonds is 2. The number of hydrazine groups is 1. The number of amides is 1. The Morgan fingerprint density at radius 2 is 1.88 bits per heavy atom. The fourth-order valence-electron chi connectivity index (χ4n) is 2.48. The average Bonchev–Trinajstić information content (AvgIpc) is 2.93. The highest BCUT2D eigenvalue weighted by Crippen LogP contribution is 2.28. The van der Waals surface area contributed by atoms with E-state index in [1.807, 2.05) is 31.2 Å². The Kier molecular flexibility index (Phi) is 4.94. The minimum absolute atomic E-state index is 0.000180. The van der Waals surface area contributed by atoms with Gasteiger partial charge in [-0.25, -0.2) is 5.01 Å². The number of hydrogen-bond acceptors (Lipinski definition) is 2. The molecule has 3 rings (SSSR count). The summed E-state index contributed by atoms with van der Waals surface area (Å²) in [7, 11) is 0. The van der Waals surface area contributed by atoms with E-state index < -0.39 is 0 Å². The third kappa shape index (κ3) is 3.48. The highest BCUT2D eigenvalue weighted by atomic mass is 35.5. The minimum atomic E-state index is 0.000180. The molecular formula is C17H15Cl2N3OS. The number of hydrogen-bond donors (Lipinski definition) is 1. The van der Waals surface area contributed by atoms with E-state index in [1.54, 1.807) is 28.2 Å². The molecule has 7 heteroatoms. The number of benzene rings is 2. The van der Waals surface area contributed by atoms with Crippen molar-refractivity contribution in [1.82, 2.24) is 5.01 Å². The van der Waals surface area contributed by atoms with E-state index in [2.05, 4.69) is 5.32 Å². The molecule has 24 heavy (non-hydrogen) atoms. The highest BCUT2D eigenvalue weighted by molar-refractivity contribution is 7.80. The predicted molar refractivity (Wildman–Crippen MR) is 103 cm³/mol. The average molecular weight is 380 g/mol. The molecule has 0 bridgehead atoms. The lowest BCUT2D eigenvalue weighted by Crippen LogP contribution is -2.45. The molecule has 0 aliphatic carbocycles. The minimum Gasteiger partial charge on any atom is -0.330 e. The first-order chi connectivity index (χ1) is 11.5. The molecule has 1 aliphatic rings. The van der Waals surface area contributed by atoms with Crippen LogP contribution in [0.15, 0.2) is 42.5 Å². The van der Waals surface area contributed by atoms with Crippen molar-refractivity contribution in [2.24, 2.45) is 0 Å². The Balaban J connectivity index is 1.84. The molecule has 1 heterocycles. The van der Waals surface area contributed by atoms with E-state index in [-0.39, 0.29) is 5.91 Å². The summed E-state index contributed by atoms with van der Waals surface area (Å²) in [4.78, 5) is 12.3. The van der Waals surface area contributed by atoms with E-state index in [0.717, 1.165) is 11.3 Å². The first-order valence-electron chi connectivity index (χ1n) is 7.39. The molecule has 0 unspecified atom stereocenters. The lowest BCUT2D eigenvalue weighted by Gasteiger charge is -2.30. The van der Waals surface area contributed by atoms with Gasteiger partial charge in [-0.3, -0.25) is 9.80 Å². The van der Waals surface area contributed by atoms with Crippen LogP contribution in [-0.2, 0) is 4.79 Å². The molecule has 1 fully saturated rings. The van der Waals surface area contributed by atoms with Gasteiger partial charge in [-0.2, -0.15) is 0 Å². The van der Waals surface area contributed by atoms with Gasteiger partial charge < -0.3 is 5.32 Å². The maximum atomic E-state index is 12.3. The van der Waals surface area contributed by atoms with Crippen LogP contribution in [0.1, 0.15) is 12.0 Å². The van der Waals surface area contributed by atoms with Gasteiger partial charge in [-0.15, -0.1) is 0 Å². The maximum Gasteiger partial charge on any atom is 0.247 e. The van der Waals surface area contributed by atoms with Crippen LogP contribution >= 0.6 is 35.4 Å². The molecule has 0 radical (unpaired) electrons. The van der Waals surface area contributed by atoms with Gasteiger partial charge in [-0.1, -0.05) is 40.9 Å². The van der Waals surface area contributed by atoms with Gasteiger partial charge >= 0.3 is 0 Å². The summed E-state index contributed by atoms with van der Waals surface area (Å²) in [5.74, 6) is 0.000180. The molecule has 1 aliphatic heterocycles. The number of carbonyl (C=O) groups excluding carboxylic acids is 1. The van der Waals surface area contributed by atoms with Crippen LogP contribution in [0.5, 0.6) is 0 Å². The van der Waals surface area contributed by atoms with Gasteiger partial charge in [0.25, 0.3) is 0 Å². The molecule has 1 N–H and O–H groups in total. The smallest absolute Gasteiger partial charge is 0.247 e. The Morgan fingerprint density at radius 1 is 1.17 bits per heavy atom. The Morgan fingerprint density at radius 3 is 2.58 bits per heavy atom. The molecule has 0 aromatic heterocycles. The second kappa shape index (κ2) is 6.97. The lowest BCUT2D eigenvalue weighted by atomic mass is 10.2. The summed E-state index contributed by atoms with van der Waals surface area (Å²) in [5.41, 5.74) is 2.52. The first kappa shape index (κ1) is 17.0. The van der Waals surface area contributed by atoms with Crippen LogP contribution in [0.3, 0.4) is 0 Å². The molecule has 0 atom stereocenters. The van der Waals surface area contributed by atoms with E-state index in [1.165, 1.54) is 0 Å². The van der Waals surface area contributed by atoms with Crippen molar-refractivity contribution in [2.75, 3.05) is 16.9 Å². The number of nitrogens with zero attached hydrogens (tertiary/aromatic N) is 2. The van der Waals surface area contributed by atoms with Crippen LogP contribution in [0, 0.1) is 6.92 Å². The number of anilines is 2. The van der Waals surface area contributed by atoms with Crippen molar-refractivity contribution in [2.45, 2.75) is 13.3 Å². The van der Waals surface area contributed by atoms with Gasteiger partial charge in [0.15, 0.2) is 5.11 Å². The first-order valence-corrected chi connectivity index (χ1v) is 8.55. The Bertz CT molecular complexity index is 795. The summed E-state index contributed by atoms with van der Waals surface area (Å²) in [6.45, 7) is 2.51. The van der Waals surface area contributed by atoms with Crippen LogP contribution in [-0.4, -0.2) is 22.6 Å². The lowest BCUT2D eigenvalue weighted by molar-refractivity contribution is -0.117. The fraction of sp³-hybridized carbons (Fsp3) is 0.176. The SMILES string of the molecule is Cc1ccc(N2C(=O)CCN2C(=S)Nc2cc(Cl)ccc2Cl)cc1. The second-order valence-electron chi connectivity index (χ2n) is 5.47. The quantitative estimate of drug-likeness (QED) is 0.770. The predicted octanol–water partition coefficient (Wildman–Crippen LogP) is 4.65. The number of aryl methyl sites for hydroxylation is 1. The summed E-state index contributed by atoms with van der Waals surface area (Å²) >= 11 is 17.6. The van der Waals surface area contributed by atoms with Gasteiger partial charge in [-0.05, 0) is 49.5 Å². The maximum absolute atomic E-state index is 12.3. The van der Waals surface area contributed by atoms with Crippen LogP contribution in [0.25, 0.3) is 0 Å². The second-order valence-corrected chi connectivity index (χ2v) is 6.70. The molecule has 2 aromatic carbocycles. The van der Waals surface area contributed by atoms with E-state index in [0.29, 0.717) is 33.8 Å². The van der Waals surface area contributed by atoms with Crippen molar-refractivity contribution >= 4 is 57.8 Å². The number of halogens is 2. The Hall–Kier alpha value is -1.82. The molecule has 124 valence electrons. The molecule has 2 aromatic rings. The zero-order valence-electron chi connectivity index (χ0n) is 12.9. The van der Waals surface area contributed by atoms with Crippen molar-refractivity contribution in [3.63, 3.8) is 0 Å². The molecule has 0 saturated carbocycles. The molecule has 4 nitrogen and oxygen atoms in total. The molecule has 1 saturated heterocycles.